The molecule has 4 amide bonds. The van der Waals surface area contributed by atoms with E-state index >= 15 is 0 Å². The normalized spacial score (nSPS) is 14.6. The van der Waals surface area contributed by atoms with Gasteiger partial charge in [0.25, 0.3) is 23.6 Å². The van der Waals surface area contributed by atoms with Gasteiger partial charge in [-0.2, -0.15) is 20.4 Å². The average molecular weight is 1880 g/mol. The number of piperidine rings is 1. The molecule has 30 nitrogen and oxygen atoms in total. The molecule has 0 radical (unpaired) electrons. The van der Waals surface area contributed by atoms with E-state index in [-0.39, 0.29) is 23.6 Å². The Hall–Kier alpha value is -14.3. The molecule has 0 aliphatic carbocycles. The van der Waals surface area contributed by atoms with Crippen molar-refractivity contribution in [3.63, 3.8) is 0 Å². The molecule has 20 rings (SSSR count). The number of hydrogen-bond donors (Lipinski definition) is 8. The molecule has 16 aromatic rings. The maximum absolute atomic E-state index is 13.1. The third kappa shape index (κ3) is 26.2. The number of ether oxygens (including phenoxy) is 1. The molecular weight excluding hydrogens is 1750 g/mol. The van der Waals surface area contributed by atoms with Crippen LogP contribution in [0.15, 0.2) is 244 Å². The Bertz CT molecular complexity index is 6700. The topological polar surface area (TPSA) is 321 Å². The van der Waals surface area contributed by atoms with Crippen LogP contribution in [0.5, 0.6) is 0 Å². The smallest absolute Gasteiger partial charge is 0.276 e. The fourth-order valence-electron chi connectivity index (χ4n) is 18.3. The number of pyridine rings is 4. The number of rotatable bonds is 28. The Kier molecular flexibility index (Phi) is 32.3. The van der Waals surface area contributed by atoms with E-state index in [1.807, 2.05) is 233 Å². The molecule has 0 spiro atoms. The summed E-state index contributed by atoms with van der Waals surface area (Å²) in [7, 11) is 18.4. The summed E-state index contributed by atoms with van der Waals surface area (Å²) >= 11 is 0. The largest absolute Gasteiger partial charge is 0.379 e. The van der Waals surface area contributed by atoms with Crippen LogP contribution < -0.4 is 21.3 Å². The van der Waals surface area contributed by atoms with Crippen LogP contribution in [0, 0.1) is 0 Å². The molecule has 0 atom stereocenters. The molecule has 8 aromatic carbocycles. The zero-order valence-electron chi connectivity index (χ0n) is 81.4. The number of piperazine rings is 1. The lowest BCUT2D eigenvalue weighted by molar-refractivity contribution is 0.0342. The van der Waals surface area contributed by atoms with E-state index in [0.29, 0.717) is 22.8 Å². The number of aromatic amines is 4. The Morgan fingerprint density at radius 3 is 0.921 bits per heavy atom. The molecule has 0 bridgehead atoms. The first kappa shape index (κ1) is 97.4. The van der Waals surface area contributed by atoms with Gasteiger partial charge in [-0.25, -0.2) is 0 Å². The summed E-state index contributed by atoms with van der Waals surface area (Å²) in [6, 6.07) is 64.7. The number of aromatic nitrogens is 12. The zero-order valence-corrected chi connectivity index (χ0v) is 81.4. The number of morpholine rings is 1. The van der Waals surface area contributed by atoms with Crippen LogP contribution in [-0.4, -0.2) is 271 Å². The minimum absolute atomic E-state index is 0.225. The van der Waals surface area contributed by atoms with Gasteiger partial charge in [0.1, 0.15) is 0 Å². The van der Waals surface area contributed by atoms with Crippen molar-refractivity contribution in [1.29, 1.82) is 0 Å². The van der Waals surface area contributed by atoms with Crippen LogP contribution >= 0.6 is 0 Å². The van der Waals surface area contributed by atoms with Crippen molar-refractivity contribution in [3.8, 4) is 44.5 Å². The van der Waals surface area contributed by atoms with Crippen molar-refractivity contribution < 1.29 is 23.9 Å². The van der Waals surface area contributed by atoms with Gasteiger partial charge in [0.15, 0.2) is 22.8 Å². The quantitative estimate of drug-likeness (QED) is 0.0226. The van der Waals surface area contributed by atoms with Gasteiger partial charge >= 0.3 is 0 Å². The van der Waals surface area contributed by atoms with Crippen molar-refractivity contribution in [2.24, 2.45) is 0 Å². The third-order valence-electron chi connectivity index (χ3n) is 25.4. The van der Waals surface area contributed by atoms with Crippen molar-refractivity contribution in [2.75, 3.05) is 163 Å². The molecule has 4 aliphatic rings. The molecule has 140 heavy (non-hydrogen) atoms. The number of carbonyl (C=O) groups excluding carboxylic acids is 4. The molecule has 4 saturated heterocycles. The number of nitrogens with zero attached hydrogens (tertiary/aromatic N) is 17. The number of anilines is 4. The van der Waals surface area contributed by atoms with Crippen molar-refractivity contribution >= 4 is 90.0 Å². The number of H-pyrrole nitrogens is 4. The molecule has 720 valence electrons. The number of nitrogens with one attached hydrogen (secondary N) is 8. The van der Waals surface area contributed by atoms with E-state index in [4.69, 9.17) is 4.74 Å². The number of hydrogen-bond acceptors (Lipinski definition) is 22. The monoisotopic (exact) mass is 1880 g/mol. The highest BCUT2D eigenvalue weighted by Crippen LogP contribution is 2.34. The lowest BCUT2D eigenvalue weighted by Crippen LogP contribution is -2.43. The van der Waals surface area contributed by atoms with Crippen molar-refractivity contribution in [2.45, 2.75) is 84.5 Å². The summed E-state index contributed by atoms with van der Waals surface area (Å²) in [5.41, 5.74) is 25.4. The predicted molar refractivity (Wildman–Crippen MR) is 557 cm³/mol. The highest BCUT2D eigenvalue weighted by molar-refractivity contribution is 6.14. The lowest BCUT2D eigenvalue weighted by atomic mass is 10.0. The number of fused-ring (bicyclic) bond motifs is 4. The minimum atomic E-state index is -0.242. The number of carbonyl (C=O) groups is 4. The van der Waals surface area contributed by atoms with Gasteiger partial charge < -0.3 is 50.5 Å². The highest BCUT2D eigenvalue weighted by Gasteiger charge is 2.25. The first-order valence-electron chi connectivity index (χ1n) is 48.2. The van der Waals surface area contributed by atoms with E-state index in [0.717, 1.165) is 251 Å². The minimum Gasteiger partial charge on any atom is -0.379 e. The second kappa shape index (κ2) is 46.5. The van der Waals surface area contributed by atoms with E-state index < -0.39 is 0 Å². The fourth-order valence-corrected chi connectivity index (χ4v) is 18.3. The number of likely N-dealkylation sites (N-methyl/N-ethyl adjacent to an activating group) is 1. The number of likely N-dealkylation sites (tertiary alicyclic amines) is 2. The Morgan fingerprint density at radius 1 is 0.286 bits per heavy atom. The van der Waals surface area contributed by atoms with Gasteiger partial charge in [0.05, 0.1) is 35.3 Å². The first-order chi connectivity index (χ1) is 68.1. The fraction of sp³-hybridized carbons (Fsp3) is 0.309. The first-order valence-corrected chi connectivity index (χ1v) is 48.2. The van der Waals surface area contributed by atoms with Crippen LogP contribution in [0.2, 0.25) is 0 Å². The van der Waals surface area contributed by atoms with Crippen LogP contribution in [-0.2, 0) is 57.1 Å². The molecule has 0 unspecified atom stereocenters. The molecule has 12 heterocycles. The molecule has 8 aromatic heterocycles. The molecule has 4 fully saturated rings. The summed E-state index contributed by atoms with van der Waals surface area (Å²) in [6.07, 6.45) is 21.5. The van der Waals surface area contributed by atoms with E-state index in [1.165, 1.54) is 67.4 Å². The number of benzene rings is 8. The van der Waals surface area contributed by atoms with Crippen molar-refractivity contribution in [3.05, 3.63) is 311 Å². The van der Waals surface area contributed by atoms with Crippen LogP contribution in [0.25, 0.3) is 88.1 Å². The van der Waals surface area contributed by atoms with Gasteiger partial charge in [-0.1, -0.05) is 79.2 Å². The third-order valence-corrected chi connectivity index (χ3v) is 25.4. The zero-order chi connectivity index (χ0) is 97.0. The SMILES string of the molecule is CN(C)Cc1cccc(NC(=O)c2n[nH]c3ccc(-c4cncc(CN5CCCC5)c4)cc23)c1.CN(C)Cc1cncc(-c2ccc3[nH]nc(C(=O)Nc4ccc(CN5CCCCC5)cc4)c3c2)c1.CN(C)Cc1cncc(-c2ccc3[nH]nc(C(=O)Nc4ccc(CN5CCN(C)CC5)cc4)c3c2)c1.CN(C)Cc1cncc(-c2ccc3[nH]nc(C(=O)Nc4ccc(CN5CCOCC5)cc4)c3c2)c1. The average Bonchev–Trinajstić information content (AvgIpc) is 1.64. The predicted octanol–water partition coefficient (Wildman–Crippen LogP) is 16.9. The molecule has 4 aliphatic heterocycles. The summed E-state index contributed by atoms with van der Waals surface area (Å²) in [5.74, 6) is -0.929. The van der Waals surface area contributed by atoms with Gasteiger partial charge in [-0.3, -0.25) is 79.1 Å². The summed E-state index contributed by atoms with van der Waals surface area (Å²) in [4.78, 5) is 90.7. The highest BCUT2D eigenvalue weighted by atomic mass is 16.5. The Morgan fingerprint density at radius 2 is 0.579 bits per heavy atom. The Labute approximate surface area is 817 Å². The van der Waals surface area contributed by atoms with E-state index in [1.54, 1.807) is 0 Å². The lowest BCUT2D eigenvalue weighted by Gasteiger charge is -2.32. The summed E-state index contributed by atoms with van der Waals surface area (Å²) in [5, 5.41) is 44.3. The summed E-state index contributed by atoms with van der Waals surface area (Å²) < 4.78 is 5.42. The maximum atomic E-state index is 13.1. The van der Waals surface area contributed by atoms with Gasteiger partial charge in [-0.05, 0) is 303 Å². The van der Waals surface area contributed by atoms with Gasteiger partial charge in [-0.15, -0.1) is 0 Å². The van der Waals surface area contributed by atoms with E-state index in [2.05, 4.69) is 200 Å². The molecule has 30 heteroatoms. The van der Waals surface area contributed by atoms with Gasteiger partial charge in [0.2, 0.25) is 0 Å². The van der Waals surface area contributed by atoms with E-state index in [9.17, 15) is 19.2 Å². The van der Waals surface area contributed by atoms with Gasteiger partial charge in [0, 0.05) is 208 Å². The standard InChI is InChI=1S/C28H33N7O.C28H32N6O.C27H30N6O2.C27H30N6O/c1-33(2)18-21-14-23(17-29-16-21)22-6-9-26-25(15-22)27(32-31-26)28(36)30-24-7-4-20(5-8-24)19-35-12-10-34(3)11-13-35;1-33(2)18-21-14-23(17-29-16-21)22-8-11-26-25(15-22)27(32-31-26)28(35)30-24-9-6-20(7-10-24)19-34-12-4-3-5-13-34;1-32(2)17-20-13-22(16-28-15-20)21-5-8-25-24(14-21)26(31-30-25)27(34)29-23-6-3-19(4-7-23)18-33-9-11-35-12-10-33;1-32(2)17-19-6-5-7-23(13-19)29-27(34)26-24-14-21(8-9-25(24)30-31-26)22-12-20(15-28-16-22)18-33-10-3-4-11-33/h4-9,14-17H,10-13,18-19H2,1-3H3,(H,30,36)(H,31,32);6-11,14-17H,3-5,12-13,18-19H2,1-2H3,(H,30,35)(H,31,32);3-8,13-16H,9-12,17-18H2,1-2H3,(H,29,34)(H,30,31);5-9,12-16H,3-4,10-11,17-18H2,1-2H3,(H,29,34)(H,30,31). The second-order valence-corrected chi connectivity index (χ2v) is 38.0. The Balaban J connectivity index is 0.000000129. The number of amides is 4. The van der Waals surface area contributed by atoms with Crippen LogP contribution in [0.4, 0.5) is 22.7 Å². The van der Waals surface area contributed by atoms with Crippen LogP contribution in [0.3, 0.4) is 0 Å². The summed E-state index contributed by atoms with van der Waals surface area (Å²) in [6.45, 7) is 19.4. The van der Waals surface area contributed by atoms with Crippen LogP contribution in [0.1, 0.15) is 119 Å². The molecular formula is C110H125N25O5. The second-order valence-electron chi connectivity index (χ2n) is 38.0. The maximum Gasteiger partial charge on any atom is 0.276 e. The molecule has 8 N–H and O–H groups in total. The molecule has 0 saturated carbocycles. The van der Waals surface area contributed by atoms with Crippen molar-refractivity contribution in [1.82, 2.24) is 105 Å².